The lowest BCUT2D eigenvalue weighted by Crippen LogP contribution is -2.35. The third kappa shape index (κ3) is 1.08. The molecule has 0 atom stereocenters. The Morgan fingerprint density at radius 3 is 2.40 bits per heavy atom. The van der Waals surface area contributed by atoms with E-state index in [9.17, 15) is 8.78 Å². The van der Waals surface area contributed by atoms with Crippen molar-refractivity contribution in [2.24, 2.45) is 11.5 Å². The third-order valence-corrected chi connectivity index (χ3v) is 1.04. The van der Waals surface area contributed by atoms with Gasteiger partial charge in [0.15, 0.2) is 12.0 Å². The molecule has 5 heteroatoms. The van der Waals surface area contributed by atoms with Gasteiger partial charge in [0.2, 0.25) is 0 Å². The molecule has 0 unspecified atom stereocenters. The van der Waals surface area contributed by atoms with E-state index in [1.165, 1.54) is 0 Å². The van der Waals surface area contributed by atoms with Crippen molar-refractivity contribution in [3.8, 4) is 0 Å². The van der Waals surface area contributed by atoms with Gasteiger partial charge in [-0.25, -0.2) is 8.78 Å². The number of allylic oxidation sites excluding steroid dienone is 2. The average molecular weight is 146 g/mol. The van der Waals surface area contributed by atoms with Gasteiger partial charge >= 0.3 is 0 Å². The Kier molecular flexibility index (Phi) is 1.58. The summed E-state index contributed by atoms with van der Waals surface area (Å²) in [6.07, 6.45) is 0.361. The topological polar surface area (TPSA) is 64.1 Å². The summed E-state index contributed by atoms with van der Waals surface area (Å²) in [7, 11) is 0. The molecule has 0 aromatic heterocycles. The summed E-state index contributed by atoms with van der Waals surface area (Å²) in [6.45, 7) is 0. The van der Waals surface area contributed by atoms with Crippen molar-refractivity contribution in [1.82, 2.24) is 5.32 Å². The Hall–Kier alpha value is -1.10. The van der Waals surface area contributed by atoms with Crippen molar-refractivity contribution in [3.05, 3.63) is 29.7 Å². The van der Waals surface area contributed by atoms with Gasteiger partial charge in [0.1, 0.15) is 11.6 Å². The Morgan fingerprint density at radius 2 is 1.90 bits per heavy atom. The van der Waals surface area contributed by atoms with Crippen molar-refractivity contribution in [3.63, 3.8) is 0 Å². The van der Waals surface area contributed by atoms with E-state index in [2.05, 4.69) is 5.32 Å². The number of rotatable bonds is 0. The molecule has 0 spiro atoms. The van der Waals surface area contributed by atoms with E-state index in [1.807, 2.05) is 0 Å². The van der Waals surface area contributed by atoms with Crippen LogP contribution in [-0.4, -0.2) is 0 Å². The minimum Gasteiger partial charge on any atom is -0.383 e. The number of nitrogens with one attached hydrogen (secondary N) is 1. The Balaban J connectivity index is 2.88. The quantitative estimate of drug-likeness (QED) is 0.450. The van der Waals surface area contributed by atoms with Gasteiger partial charge in [-0.05, 0) is 0 Å². The van der Waals surface area contributed by atoms with Crippen LogP contribution >= 0.6 is 0 Å². The predicted molar refractivity (Wildman–Crippen MR) is 32.1 cm³/mol. The average Bonchev–Trinajstić information content (AvgIpc) is 1.84. The van der Waals surface area contributed by atoms with E-state index in [1.54, 1.807) is 0 Å². The molecule has 1 aliphatic heterocycles. The molecule has 0 amide bonds. The lowest BCUT2D eigenvalue weighted by Gasteiger charge is -2.15. The Bertz CT molecular complexity index is 209. The molecule has 1 rings (SSSR count). The van der Waals surface area contributed by atoms with E-state index in [0.29, 0.717) is 6.08 Å². The fourth-order valence-electron chi connectivity index (χ4n) is 0.531. The van der Waals surface area contributed by atoms with Crippen LogP contribution in [0.1, 0.15) is 0 Å². The first-order valence-electron chi connectivity index (χ1n) is 2.53. The van der Waals surface area contributed by atoms with E-state index in [0.717, 1.165) is 0 Å². The predicted octanol–water partition coefficient (Wildman–Crippen LogP) is -0.0115. The van der Waals surface area contributed by atoms with E-state index < -0.39 is 11.7 Å². The molecular weight excluding hydrogens is 140 g/mol. The highest BCUT2D eigenvalue weighted by atomic mass is 19.1. The summed E-state index contributed by atoms with van der Waals surface area (Å²) in [5.41, 5.74) is 10.0. The highest BCUT2D eigenvalue weighted by Crippen LogP contribution is 2.17. The summed E-state index contributed by atoms with van der Waals surface area (Å²) in [5.74, 6) is -1.95. The molecule has 0 saturated heterocycles. The summed E-state index contributed by atoms with van der Waals surface area (Å²) < 4.78 is 24.6. The molecule has 1 radical (unpaired) electrons. The van der Waals surface area contributed by atoms with Gasteiger partial charge in [-0.3, -0.25) is 5.73 Å². The molecular formula is C5H6F2N3. The molecule has 10 heavy (non-hydrogen) atoms. The van der Waals surface area contributed by atoms with Crippen molar-refractivity contribution >= 4 is 0 Å². The second kappa shape index (κ2) is 2.26. The number of dihydropyridines is 1. The van der Waals surface area contributed by atoms with Crippen LogP contribution in [0, 0.1) is 6.17 Å². The first-order chi connectivity index (χ1) is 4.61. The van der Waals surface area contributed by atoms with Crippen LogP contribution in [0.4, 0.5) is 8.78 Å². The second-order valence-corrected chi connectivity index (χ2v) is 1.79. The molecule has 0 aliphatic carbocycles. The van der Waals surface area contributed by atoms with Crippen LogP contribution in [-0.2, 0) is 0 Å². The second-order valence-electron chi connectivity index (χ2n) is 1.79. The molecule has 0 fully saturated rings. The number of halogens is 2. The zero-order valence-corrected chi connectivity index (χ0v) is 4.99. The molecule has 55 valence electrons. The Morgan fingerprint density at radius 1 is 1.30 bits per heavy atom. The molecule has 1 aliphatic rings. The van der Waals surface area contributed by atoms with Gasteiger partial charge in [0.05, 0.1) is 0 Å². The molecule has 0 aromatic carbocycles. The summed E-state index contributed by atoms with van der Waals surface area (Å²) in [4.78, 5) is 0. The minimum absolute atomic E-state index is 0.265. The van der Waals surface area contributed by atoms with Gasteiger partial charge in [-0.1, -0.05) is 0 Å². The highest BCUT2D eigenvalue weighted by molar-refractivity contribution is 5.32. The standard InChI is InChI=1S/C5H6F2N3/c6-2-1-3(7)5(9)10-4(2)8/h1,10H,8-9H2. The normalized spacial score (nSPS) is 20.5. The SMILES string of the molecule is N[C]1NC(N)=C(F)C=C1F. The fourth-order valence-corrected chi connectivity index (χ4v) is 0.531. The van der Waals surface area contributed by atoms with Crippen molar-refractivity contribution in [2.75, 3.05) is 0 Å². The third-order valence-electron chi connectivity index (χ3n) is 1.04. The minimum atomic E-state index is -0.841. The van der Waals surface area contributed by atoms with Crippen LogP contribution in [0.3, 0.4) is 0 Å². The maximum atomic E-state index is 12.3. The van der Waals surface area contributed by atoms with Crippen LogP contribution < -0.4 is 16.8 Å². The van der Waals surface area contributed by atoms with Crippen molar-refractivity contribution < 1.29 is 8.78 Å². The van der Waals surface area contributed by atoms with E-state index >= 15 is 0 Å². The number of hydrogen-bond acceptors (Lipinski definition) is 3. The first-order valence-corrected chi connectivity index (χ1v) is 2.53. The van der Waals surface area contributed by atoms with Crippen LogP contribution in [0.15, 0.2) is 23.6 Å². The van der Waals surface area contributed by atoms with Crippen LogP contribution in [0.5, 0.6) is 0 Å². The lowest BCUT2D eigenvalue weighted by molar-refractivity contribution is 0.535. The fraction of sp³-hybridized carbons (Fsp3) is 0. The zero-order chi connectivity index (χ0) is 7.72. The smallest absolute Gasteiger partial charge is 0.184 e. The number of nitrogens with two attached hydrogens (primary N) is 2. The number of hydrogen-bond donors (Lipinski definition) is 3. The van der Waals surface area contributed by atoms with Gasteiger partial charge in [-0.2, -0.15) is 0 Å². The van der Waals surface area contributed by atoms with Gasteiger partial charge < -0.3 is 11.1 Å². The summed E-state index contributed by atoms with van der Waals surface area (Å²) in [6, 6.07) is 0. The molecule has 3 nitrogen and oxygen atoms in total. The van der Waals surface area contributed by atoms with Crippen molar-refractivity contribution in [2.45, 2.75) is 0 Å². The van der Waals surface area contributed by atoms with Crippen LogP contribution in [0.2, 0.25) is 0 Å². The van der Waals surface area contributed by atoms with Gasteiger partial charge in [-0.15, -0.1) is 0 Å². The molecule has 1 heterocycles. The Labute approximate surface area is 56.4 Å². The van der Waals surface area contributed by atoms with E-state index in [-0.39, 0.29) is 12.0 Å². The van der Waals surface area contributed by atoms with Gasteiger partial charge in [0, 0.05) is 6.08 Å². The lowest BCUT2D eigenvalue weighted by atomic mass is 10.3. The molecule has 0 bridgehead atoms. The molecule has 0 aromatic rings. The first kappa shape index (κ1) is 7.01. The highest BCUT2D eigenvalue weighted by Gasteiger charge is 2.18. The maximum Gasteiger partial charge on any atom is 0.184 e. The zero-order valence-electron chi connectivity index (χ0n) is 4.99. The molecule has 5 N–H and O–H groups in total. The molecule has 0 saturated carbocycles. The van der Waals surface area contributed by atoms with Gasteiger partial charge in [0.25, 0.3) is 0 Å². The van der Waals surface area contributed by atoms with Crippen molar-refractivity contribution in [1.29, 1.82) is 0 Å². The maximum absolute atomic E-state index is 12.3. The largest absolute Gasteiger partial charge is 0.383 e. The van der Waals surface area contributed by atoms with Crippen LogP contribution in [0.25, 0.3) is 0 Å². The summed E-state index contributed by atoms with van der Waals surface area (Å²) in [5, 5.41) is 2.11. The monoisotopic (exact) mass is 146 g/mol. The summed E-state index contributed by atoms with van der Waals surface area (Å²) >= 11 is 0. The van der Waals surface area contributed by atoms with E-state index in [4.69, 9.17) is 11.5 Å².